The average molecular weight is 217 g/mol. The van der Waals surface area contributed by atoms with E-state index in [1.807, 2.05) is 30.3 Å². The maximum Gasteiger partial charge on any atom is 0.320 e. The third-order valence-electron chi connectivity index (χ3n) is 2.16. The fourth-order valence-electron chi connectivity index (χ4n) is 1.40. The third-order valence-corrected chi connectivity index (χ3v) is 2.16. The number of amides is 2. The number of nitrogens with one attached hydrogen (secondary N) is 2. The topological polar surface area (TPSA) is 64.9 Å². The molecule has 0 saturated carbocycles. The molecule has 0 aromatic heterocycles. The Bertz CT molecular complexity index is 407. The lowest BCUT2D eigenvalue weighted by atomic mass is 10.0. The highest BCUT2D eigenvalue weighted by Crippen LogP contribution is 2.23. The van der Waals surface area contributed by atoms with Crippen molar-refractivity contribution in [3.05, 3.63) is 29.8 Å². The largest absolute Gasteiger partial charge is 0.325 e. The molecule has 0 fully saturated rings. The molecule has 0 aliphatic carbocycles. The zero-order chi connectivity index (χ0) is 12.0. The quantitative estimate of drug-likeness (QED) is 0.764. The van der Waals surface area contributed by atoms with Crippen LogP contribution in [-0.2, 0) is 0 Å². The fraction of sp³-hybridized carbons (Fsp3) is 0.333. The maximum absolute atomic E-state index is 11.4. The molecule has 0 saturated heterocycles. The number of carbonyl (C=O) groups excluding carboxylic acids is 1. The first-order chi connectivity index (χ1) is 7.65. The molecular weight excluding hydrogens is 202 g/mol. The van der Waals surface area contributed by atoms with Crippen molar-refractivity contribution in [1.82, 2.24) is 5.32 Å². The van der Waals surface area contributed by atoms with Crippen LogP contribution < -0.4 is 10.6 Å². The average Bonchev–Trinajstić information content (AvgIpc) is 2.27. The van der Waals surface area contributed by atoms with Crippen LogP contribution in [0.1, 0.15) is 25.3 Å². The van der Waals surface area contributed by atoms with E-state index < -0.39 is 0 Å². The molecule has 4 heteroatoms. The summed E-state index contributed by atoms with van der Waals surface area (Å²) in [4.78, 5) is 11.4. The first kappa shape index (κ1) is 12.1. The highest BCUT2D eigenvalue weighted by Gasteiger charge is 2.07. The standard InChI is InChI=1S/C12H15N3O/c1-9(2)10-5-3-4-6-11(10)15-12(16)14-8-7-13/h3-6,9H,8H2,1-2H3,(H2,14,15,16). The predicted molar refractivity (Wildman–Crippen MR) is 63.2 cm³/mol. The molecule has 0 bridgehead atoms. The van der Waals surface area contributed by atoms with E-state index in [1.54, 1.807) is 0 Å². The zero-order valence-corrected chi connectivity index (χ0v) is 9.45. The molecule has 2 N–H and O–H groups in total. The van der Waals surface area contributed by atoms with Gasteiger partial charge in [0.05, 0.1) is 6.07 Å². The second-order valence-corrected chi connectivity index (χ2v) is 3.71. The second kappa shape index (κ2) is 5.76. The lowest BCUT2D eigenvalue weighted by Crippen LogP contribution is -2.29. The number of rotatable bonds is 3. The first-order valence-electron chi connectivity index (χ1n) is 5.16. The van der Waals surface area contributed by atoms with Crippen molar-refractivity contribution in [2.75, 3.05) is 11.9 Å². The molecular formula is C12H15N3O. The van der Waals surface area contributed by atoms with Gasteiger partial charge in [0.25, 0.3) is 0 Å². The number of anilines is 1. The van der Waals surface area contributed by atoms with Gasteiger partial charge in [0.15, 0.2) is 0 Å². The van der Waals surface area contributed by atoms with Gasteiger partial charge in [-0.05, 0) is 17.5 Å². The Morgan fingerprint density at radius 1 is 1.44 bits per heavy atom. The number of urea groups is 1. The van der Waals surface area contributed by atoms with Crippen molar-refractivity contribution in [3.8, 4) is 6.07 Å². The summed E-state index contributed by atoms with van der Waals surface area (Å²) in [7, 11) is 0. The number of carbonyl (C=O) groups is 1. The van der Waals surface area contributed by atoms with Gasteiger partial charge in [-0.2, -0.15) is 5.26 Å². The van der Waals surface area contributed by atoms with Crippen LogP contribution in [0.2, 0.25) is 0 Å². The van der Waals surface area contributed by atoms with Gasteiger partial charge in [0, 0.05) is 5.69 Å². The highest BCUT2D eigenvalue weighted by molar-refractivity contribution is 5.90. The number of hydrogen-bond donors (Lipinski definition) is 2. The number of nitriles is 1. The number of para-hydroxylation sites is 1. The maximum atomic E-state index is 11.4. The van der Waals surface area contributed by atoms with Gasteiger partial charge >= 0.3 is 6.03 Å². The Balaban J connectivity index is 2.73. The minimum absolute atomic E-state index is 0.00960. The number of hydrogen-bond acceptors (Lipinski definition) is 2. The number of benzene rings is 1. The summed E-state index contributed by atoms with van der Waals surface area (Å²) in [6, 6.07) is 9.13. The van der Waals surface area contributed by atoms with Gasteiger partial charge in [0.2, 0.25) is 0 Å². The van der Waals surface area contributed by atoms with Gasteiger partial charge in [-0.3, -0.25) is 0 Å². The predicted octanol–water partition coefficient (Wildman–Crippen LogP) is 2.46. The summed E-state index contributed by atoms with van der Waals surface area (Å²) in [5.41, 5.74) is 1.86. The van der Waals surface area contributed by atoms with Crippen LogP contribution in [0.4, 0.5) is 10.5 Å². The molecule has 0 unspecified atom stereocenters. The third kappa shape index (κ3) is 3.28. The molecule has 1 aromatic rings. The molecule has 0 aliphatic heterocycles. The smallest absolute Gasteiger partial charge is 0.320 e. The molecule has 0 radical (unpaired) electrons. The first-order valence-corrected chi connectivity index (χ1v) is 5.16. The Hall–Kier alpha value is -2.02. The van der Waals surface area contributed by atoms with E-state index in [0.717, 1.165) is 11.3 Å². The molecule has 4 nitrogen and oxygen atoms in total. The van der Waals surface area contributed by atoms with Gasteiger partial charge < -0.3 is 10.6 Å². The van der Waals surface area contributed by atoms with Gasteiger partial charge in [0.1, 0.15) is 6.54 Å². The van der Waals surface area contributed by atoms with Crippen LogP contribution in [0.25, 0.3) is 0 Å². The summed E-state index contributed by atoms with van der Waals surface area (Å²) in [6.45, 7) is 4.14. The molecule has 0 aliphatic rings. The van der Waals surface area contributed by atoms with Crippen molar-refractivity contribution in [1.29, 1.82) is 5.26 Å². The lowest BCUT2D eigenvalue weighted by molar-refractivity contribution is 0.253. The van der Waals surface area contributed by atoms with Crippen LogP contribution >= 0.6 is 0 Å². The van der Waals surface area contributed by atoms with Crippen molar-refractivity contribution >= 4 is 11.7 Å². The van der Waals surface area contributed by atoms with E-state index in [4.69, 9.17) is 5.26 Å². The summed E-state index contributed by atoms with van der Waals surface area (Å²) in [5, 5.41) is 13.5. The van der Waals surface area contributed by atoms with Gasteiger partial charge in [-0.25, -0.2) is 4.79 Å². The van der Waals surface area contributed by atoms with E-state index in [1.165, 1.54) is 0 Å². The van der Waals surface area contributed by atoms with E-state index in [2.05, 4.69) is 24.5 Å². The summed E-state index contributed by atoms with van der Waals surface area (Å²) in [6.07, 6.45) is 0. The van der Waals surface area contributed by atoms with Crippen molar-refractivity contribution in [3.63, 3.8) is 0 Å². The lowest BCUT2D eigenvalue weighted by Gasteiger charge is -2.13. The van der Waals surface area contributed by atoms with Crippen molar-refractivity contribution in [2.24, 2.45) is 0 Å². The normalized spacial score (nSPS) is 9.62. The van der Waals surface area contributed by atoms with Crippen LogP contribution in [0, 0.1) is 11.3 Å². The van der Waals surface area contributed by atoms with Crippen LogP contribution in [-0.4, -0.2) is 12.6 Å². The zero-order valence-electron chi connectivity index (χ0n) is 9.45. The second-order valence-electron chi connectivity index (χ2n) is 3.71. The molecule has 1 rings (SSSR count). The minimum atomic E-state index is -0.352. The molecule has 0 atom stereocenters. The van der Waals surface area contributed by atoms with E-state index in [9.17, 15) is 4.79 Å². The summed E-state index contributed by atoms with van der Waals surface area (Å²) >= 11 is 0. The minimum Gasteiger partial charge on any atom is -0.325 e. The van der Waals surface area contributed by atoms with Crippen LogP contribution in [0.3, 0.4) is 0 Å². The van der Waals surface area contributed by atoms with E-state index >= 15 is 0 Å². The van der Waals surface area contributed by atoms with Crippen molar-refractivity contribution in [2.45, 2.75) is 19.8 Å². The summed E-state index contributed by atoms with van der Waals surface area (Å²) in [5.74, 6) is 0.340. The molecule has 0 spiro atoms. The van der Waals surface area contributed by atoms with Gasteiger partial charge in [-0.15, -0.1) is 0 Å². The fourth-order valence-corrected chi connectivity index (χ4v) is 1.40. The van der Waals surface area contributed by atoms with E-state index in [-0.39, 0.29) is 12.6 Å². The number of nitrogens with zero attached hydrogens (tertiary/aromatic N) is 1. The molecule has 84 valence electrons. The van der Waals surface area contributed by atoms with Crippen LogP contribution in [0.5, 0.6) is 0 Å². The molecule has 1 aromatic carbocycles. The summed E-state index contributed by atoms with van der Waals surface area (Å²) < 4.78 is 0. The highest BCUT2D eigenvalue weighted by atomic mass is 16.2. The molecule has 16 heavy (non-hydrogen) atoms. The Labute approximate surface area is 95.3 Å². The SMILES string of the molecule is CC(C)c1ccccc1NC(=O)NCC#N. The Morgan fingerprint density at radius 2 is 2.12 bits per heavy atom. The Kier molecular flexibility index (Phi) is 4.34. The molecule has 0 heterocycles. The van der Waals surface area contributed by atoms with Crippen LogP contribution in [0.15, 0.2) is 24.3 Å². The van der Waals surface area contributed by atoms with E-state index in [0.29, 0.717) is 5.92 Å². The van der Waals surface area contributed by atoms with Crippen molar-refractivity contribution < 1.29 is 4.79 Å². The van der Waals surface area contributed by atoms with Gasteiger partial charge in [-0.1, -0.05) is 32.0 Å². The molecule has 2 amide bonds. The Morgan fingerprint density at radius 3 is 2.75 bits per heavy atom. The monoisotopic (exact) mass is 217 g/mol.